The number of rotatable bonds is 1. The molecule has 2 heterocycles. The molecular formula is C13H13N3OS. The summed E-state index contributed by atoms with van der Waals surface area (Å²) in [5, 5.41) is 0.912. The summed E-state index contributed by atoms with van der Waals surface area (Å²) in [6.07, 6.45) is 2.52. The first kappa shape index (κ1) is 11.2. The van der Waals surface area contributed by atoms with Crippen LogP contribution in [0.5, 0.6) is 0 Å². The number of nitrogens with two attached hydrogens (primary N) is 1. The van der Waals surface area contributed by atoms with Gasteiger partial charge in [-0.3, -0.25) is 4.79 Å². The fourth-order valence-electron chi connectivity index (χ4n) is 2.23. The number of aryl methyl sites for hydroxylation is 1. The van der Waals surface area contributed by atoms with Gasteiger partial charge in [0.2, 0.25) is 0 Å². The van der Waals surface area contributed by atoms with Crippen LogP contribution < -0.4 is 10.6 Å². The number of carbonyl (C=O) groups excluding carboxylic acids is 1. The van der Waals surface area contributed by atoms with Crippen LogP contribution in [0.1, 0.15) is 20.2 Å². The molecule has 0 atom stereocenters. The summed E-state index contributed by atoms with van der Waals surface area (Å²) in [7, 11) is 0. The van der Waals surface area contributed by atoms with Crippen molar-refractivity contribution in [2.75, 3.05) is 17.2 Å². The molecule has 18 heavy (non-hydrogen) atoms. The summed E-state index contributed by atoms with van der Waals surface area (Å²) in [6, 6.07) is 5.70. The molecule has 1 aliphatic rings. The lowest BCUT2D eigenvalue weighted by Crippen LogP contribution is -2.28. The highest BCUT2D eigenvalue weighted by Crippen LogP contribution is 2.31. The summed E-state index contributed by atoms with van der Waals surface area (Å²) in [5.74, 6) is 0.0316. The van der Waals surface area contributed by atoms with Crippen LogP contribution in [0.3, 0.4) is 0 Å². The molecule has 1 aromatic heterocycles. The number of aromatic nitrogens is 1. The average Bonchev–Trinajstić information content (AvgIpc) is 2.94. The fraction of sp³-hybridized carbons (Fsp3) is 0.231. The van der Waals surface area contributed by atoms with E-state index in [-0.39, 0.29) is 5.91 Å². The quantitative estimate of drug-likeness (QED) is 0.799. The van der Waals surface area contributed by atoms with E-state index in [1.165, 1.54) is 11.3 Å². The number of hydrogen-bond donors (Lipinski definition) is 1. The highest BCUT2D eigenvalue weighted by Gasteiger charge is 2.26. The number of benzene rings is 1. The number of thiazole rings is 1. The first-order valence-corrected chi connectivity index (χ1v) is 6.59. The van der Waals surface area contributed by atoms with Gasteiger partial charge in [0, 0.05) is 17.9 Å². The minimum atomic E-state index is 0.0316. The van der Waals surface area contributed by atoms with Gasteiger partial charge in [0.15, 0.2) is 0 Å². The molecule has 1 aromatic carbocycles. The third-order valence-electron chi connectivity index (χ3n) is 3.08. The molecule has 0 saturated heterocycles. The lowest BCUT2D eigenvalue weighted by Gasteiger charge is -2.16. The monoisotopic (exact) mass is 259 g/mol. The predicted octanol–water partition coefficient (Wildman–Crippen LogP) is 2.24. The molecule has 4 nitrogen and oxygen atoms in total. The van der Waals surface area contributed by atoms with Gasteiger partial charge in [-0.15, -0.1) is 11.3 Å². The van der Waals surface area contributed by atoms with Gasteiger partial charge in [0.1, 0.15) is 4.88 Å². The van der Waals surface area contributed by atoms with Gasteiger partial charge in [-0.2, -0.15) is 0 Å². The fourth-order valence-corrected chi connectivity index (χ4v) is 2.95. The van der Waals surface area contributed by atoms with E-state index in [4.69, 9.17) is 5.73 Å². The van der Waals surface area contributed by atoms with Gasteiger partial charge in [-0.05, 0) is 37.1 Å². The molecule has 2 N–H and O–H groups in total. The number of carbonyl (C=O) groups is 1. The molecule has 2 aromatic rings. The normalized spacial score (nSPS) is 13.7. The Hall–Kier alpha value is -1.88. The number of nitrogen functional groups attached to an aromatic ring is 1. The van der Waals surface area contributed by atoms with E-state index < -0.39 is 0 Å². The Labute approximate surface area is 109 Å². The lowest BCUT2D eigenvalue weighted by molar-refractivity contribution is 0.0993. The summed E-state index contributed by atoms with van der Waals surface area (Å²) in [6.45, 7) is 2.62. The number of hydrogen-bond acceptors (Lipinski definition) is 4. The van der Waals surface area contributed by atoms with Gasteiger partial charge in [-0.25, -0.2) is 4.98 Å². The minimum absolute atomic E-state index is 0.0316. The molecular weight excluding hydrogens is 246 g/mol. The molecule has 0 saturated carbocycles. The van der Waals surface area contributed by atoms with Crippen molar-refractivity contribution in [1.82, 2.24) is 4.98 Å². The zero-order valence-electron chi connectivity index (χ0n) is 10.0. The van der Waals surface area contributed by atoms with Crippen molar-refractivity contribution < 1.29 is 4.79 Å². The third kappa shape index (κ3) is 1.76. The summed E-state index contributed by atoms with van der Waals surface area (Å²) in [4.78, 5) is 19.0. The molecule has 0 unspecified atom stereocenters. The second kappa shape index (κ2) is 4.10. The van der Waals surface area contributed by atoms with Crippen molar-refractivity contribution in [1.29, 1.82) is 0 Å². The van der Waals surface area contributed by atoms with Crippen LogP contribution in [0, 0.1) is 6.92 Å². The highest BCUT2D eigenvalue weighted by atomic mass is 32.1. The number of nitrogens with zero attached hydrogens (tertiary/aromatic N) is 2. The molecule has 0 aliphatic carbocycles. The van der Waals surface area contributed by atoms with E-state index in [1.54, 1.807) is 6.20 Å². The summed E-state index contributed by atoms with van der Waals surface area (Å²) in [5.41, 5.74) is 8.62. The standard InChI is InChI=1S/C13H13N3OS/c1-8-15-7-12(18-8)13(17)16-5-4-9-6-10(14)2-3-11(9)16/h2-3,6-7H,4-5,14H2,1H3. The van der Waals surface area contributed by atoms with E-state index >= 15 is 0 Å². The van der Waals surface area contributed by atoms with Crippen LogP contribution in [0.4, 0.5) is 11.4 Å². The number of anilines is 2. The van der Waals surface area contributed by atoms with Crippen LogP contribution in [0.15, 0.2) is 24.4 Å². The van der Waals surface area contributed by atoms with Gasteiger partial charge in [-0.1, -0.05) is 0 Å². The van der Waals surface area contributed by atoms with Crippen LogP contribution >= 0.6 is 11.3 Å². The number of fused-ring (bicyclic) bond motifs is 1. The van der Waals surface area contributed by atoms with E-state index in [0.717, 1.165) is 28.4 Å². The maximum atomic E-state index is 12.4. The van der Waals surface area contributed by atoms with Crippen molar-refractivity contribution in [3.63, 3.8) is 0 Å². The Morgan fingerprint density at radius 3 is 3.06 bits per heavy atom. The average molecular weight is 259 g/mol. The molecule has 0 fully saturated rings. The van der Waals surface area contributed by atoms with Gasteiger partial charge < -0.3 is 10.6 Å². The maximum Gasteiger partial charge on any atom is 0.270 e. The van der Waals surface area contributed by atoms with Crippen molar-refractivity contribution >= 4 is 28.6 Å². The van der Waals surface area contributed by atoms with Gasteiger partial charge in [0.25, 0.3) is 5.91 Å². The number of amides is 1. The topological polar surface area (TPSA) is 59.2 Å². The Morgan fingerprint density at radius 2 is 2.33 bits per heavy atom. The SMILES string of the molecule is Cc1ncc(C(=O)N2CCc3cc(N)ccc32)s1. The molecule has 0 spiro atoms. The zero-order chi connectivity index (χ0) is 12.7. The second-order valence-electron chi connectivity index (χ2n) is 4.34. The molecule has 0 bridgehead atoms. The minimum Gasteiger partial charge on any atom is -0.399 e. The Balaban J connectivity index is 1.95. The largest absolute Gasteiger partial charge is 0.399 e. The van der Waals surface area contributed by atoms with Crippen LogP contribution in [0.2, 0.25) is 0 Å². The first-order chi connectivity index (χ1) is 8.65. The third-order valence-corrected chi connectivity index (χ3v) is 3.98. The second-order valence-corrected chi connectivity index (χ2v) is 5.57. The van der Waals surface area contributed by atoms with E-state index in [2.05, 4.69) is 4.98 Å². The molecule has 1 aliphatic heterocycles. The van der Waals surface area contributed by atoms with E-state index in [1.807, 2.05) is 30.0 Å². The maximum absolute atomic E-state index is 12.4. The Bertz CT molecular complexity index is 620. The van der Waals surface area contributed by atoms with Crippen molar-refractivity contribution in [2.24, 2.45) is 0 Å². The molecule has 3 rings (SSSR count). The summed E-state index contributed by atoms with van der Waals surface area (Å²) >= 11 is 1.43. The molecule has 1 amide bonds. The van der Waals surface area contributed by atoms with Gasteiger partial charge in [0.05, 0.1) is 11.2 Å². The predicted molar refractivity (Wildman–Crippen MR) is 73.1 cm³/mol. The Morgan fingerprint density at radius 1 is 1.50 bits per heavy atom. The van der Waals surface area contributed by atoms with Crippen molar-refractivity contribution in [2.45, 2.75) is 13.3 Å². The smallest absolute Gasteiger partial charge is 0.270 e. The van der Waals surface area contributed by atoms with E-state index in [0.29, 0.717) is 11.4 Å². The summed E-state index contributed by atoms with van der Waals surface area (Å²) < 4.78 is 0. The molecule has 0 radical (unpaired) electrons. The highest BCUT2D eigenvalue weighted by molar-refractivity contribution is 7.13. The Kier molecular flexibility index (Phi) is 2.56. The van der Waals surface area contributed by atoms with Crippen molar-refractivity contribution in [3.05, 3.63) is 39.8 Å². The molecule has 5 heteroatoms. The van der Waals surface area contributed by atoms with Crippen LogP contribution in [-0.2, 0) is 6.42 Å². The van der Waals surface area contributed by atoms with Crippen LogP contribution in [-0.4, -0.2) is 17.4 Å². The van der Waals surface area contributed by atoms with Gasteiger partial charge >= 0.3 is 0 Å². The molecule has 92 valence electrons. The van der Waals surface area contributed by atoms with Crippen molar-refractivity contribution in [3.8, 4) is 0 Å². The zero-order valence-corrected chi connectivity index (χ0v) is 10.8. The first-order valence-electron chi connectivity index (χ1n) is 5.78. The lowest BCUT2D eigenvalue weighted by atomic mass is 10.1. The van der Waals surface area contributed by atoms with Crippen LogP contribution in [0.25, 0.3) is 0 Å². The van der Waals surface area contributed by atoms with E-state index in [9.17, 15) is 4.79 Å².